The summed E-state index contributed by atoms with van der Waals surface area (Å²) in [5, 5.41) is 16.8. The zero-order valence-electron chi connectivity index (χ0n) is 29.7. The van der Waals surface area contributed by atoms with E-state index < -0.39 is 4.92 Å². The molecule has 0 atom stereocenters. The molecule has 4 aromatic carbocycles. The summed E-state index contributed by atoms with van der Waals surface area (Å²) < 4.78 is 26.2. The number of carbonyl (C=O) groups is 2. The van der Waals surface area contributed by atoms with Crippen LogP contribution in [-0.4, -0.2) is 104 Å². The van der Waals surface area contributed by atoms with Crippen LogP contribution in [0.4, 0.5) is 41.1 Å². The van der Waals surface area contributed by atoms with E-state index in [2.05, 4.69) is 20.4 Å². The van der Waals surface area contributed by atoms with Crippen molar-refractivity contribution >= 4 is 34.8 Å². The minimum absolute atomic E-state index is 0.128. The summed E-state index contributed by atoms with van der Waals surface area (Å²) in [7, 11) is 8.02. The van der Waals surface area contributed by atoms with E-state index in [-0.39, 0.29) is 35.1 Å². The Balaban J connectivity index is 0.000000202. The molecule has 0 spiro atoms. The second kappa shape index (κ2) is 16.6. The molecule has 274 valence electrons. The Kier molecular flexibility index (Phi) is 12.0. The molecule has 0 unspecified atom stereocenters. The summed E-state index contributed by atoms with van der Waals surface area (Å²) in [6.07, 6.45) is 0. The van der Waals surface area contributed by atoms with E-state index in [9.17, 15) is 28.5 Å². The quantitative estimate of drug-likeness (QED) is 0.102. The van der Waals surface area contributed by atoms with E-state index in [1.165, 1.54) is 30.3 Å². The van der Waals surface area contributed by atoms with Crippen LogP contribution in [0.5, 0.6) is 0 Å². The highest BCUT2D eigenvalue weighted by Crippen LogP contribution is 2.32. The van der Waals surface area contributed by atoms with E-state index in [1.54, 1.807) is 52.3 Å². The lowest BCUT2D eigenvalue weighted by Gasteiger charge is -2.40. The molecule has 0 aliphatic carbocycles. The lowest BCUT2D eigenvalue weighted by Crippen LogP contribution is -2.54. The van der Waals surface area contributed by atoms with Crippen molar-refractivity contribution in [2.24, 2.45) is 11.8 Å². The molecule has 2 aliphatic rings. The smallest absolute Gasteiger partial charge is 0.322 e. The van der Waals surface area contributed by atoms with Gasteiger partial charge in [-0.05, 0) is 99.0 Å². The number of nitrogens with two attached hydrogens (primary N) is 1. The molecule has 0 aromatic heterocycles. The maximum atomic E-state index is 13.1. The second-order valence-electron chi connectivity index (χ2n) is 13.7. The molecule has 0 saturated carbocycles. The van der Waals surface area contributed by atoms with Crippen molar-refractivity contribution in [2.75, 3.05) is 83.8 Å². The third kappa shape index (κ3) is 9.80. The van der Waals surface area contributed by atoms with Crippen LogP contribution in [0.2, 0.25) is 0 Å². The first-order valence-electron chi connectivity index (χ1n) is 16.9. The van der Waals surface area contributed by atoms with Gasteiger partial charge in [0, 0.05) is 57.2 Å². The fourth-order valence-electron chi connectivity index (χ4n) is 6.23. The van der Waals surface area contributed by atoms with E-state index in [4.69, 9.17) is 5.73 Å². The summed E-state index contributed by atoms with van der Waals surface area (Å²) >= 11 is 0. The molecule has 2 saturated heterocycles. The Bertz CT molecular complexity index is 1880. The van der Waals surface area contributed by atoms with Gasteiger partial charge in [-0.1, -0.05) is 30.3 Å². The van der Waals surface area contributed by atoms with Gasteiger partial charge in [0.25, 0.3) is 5.69 Å². The first-order chi connectivity index (χ1) is 24.7. The lowest BCUT2D eigenvalue weighted by molar-refractivity contribution is -0.383. The normalized spacial score (nSPS) is 14.3. The number of likely N-dealkylation sites (tertiary alicyclic amines) is 2. The monoisotopic (exact) mass is 714 g/mol. The first-order valence-corrected chi connectivity index (χ1v) is 16.9. The van der Waals surface area contributed by atoms with Gasteiger partial charge in [0.2, 0.25) is 0 Å². The molecule has 12 nitrogen and oxygen atoms in total. The molecule has 2 heterocycles. The third-order valence-electron chi connectivity index (χ3n) is 8.82. The number of halogens is 2. The minimum Gasteiger partial charge on any atom is -0.397 e. The van der Waals surface area contributed by atoms with Crippen LogP contribution in [0, 0.1) is 33.6 Å². The van der Waals surface area contributed by atoms with Crippen LogP contribution in [0.1, 0.15) is 0 Å². The van der Waals surface area contributed by atoms with Gasteiger partial charge in [0.15, 0.2) is 0 Å². The Morgan fingerprint density at radius 1 is 0.692 bits per heavy atom. The number of hydrogen-bond acceptors (Lipinski definition) is 7. The number of nitrogen functional groups attached to an aromatic ring is 1. The van der Waals surface area contributed by atoms with Crippen molar-refractivity contribution in [2.45, 2.75) is 0 Å². The van der Waals surface area contributed by atoms with Crippen LogP contribution in [-0.2, 0) is 0 Å². The van der Waals surface area contributed by atoms with Crippen LogP contribution < -0.4 is 16.4 Å². The Hall–Kier alpha value is -5.60. The number of amides is 4. The Morgan fingerprint density at radius 3 is 1.50 bits per heavy atom. The van der Waals surface area contributed by atoms with E-state index >= 15 is 0 Å². The van der Waals surface area contributed by atoms with Crippen molar-refractivity contribution in [3.8, 4) is 22.3 Å². The number of benzene rings is 4. The summed E-state index contributed by atoms with van der Waals surface area (Å²) in [6.45, 7) is 4.62. The second-order valence-corrected chi connectivity index (χ2v) is 13.7. The first kappa shape index (κ1) is 37.7. The maximum Gasteiger partial charge on any atom is 0.322 e. The van der Waals surface area contributed by atoms with Gasteiger partial charge in [0.1, 0.15) is 17.3 Å². The van der Waals surface area contributed by atoms with Crippen molar-refractivity contribution in [1.29, 1.82) is 0 Å². The Labute approximate surface area is 301 Å². The summed E-state index contributed by atoms with van der Waals surface area (Å²) in [5.74, 6) is 0.284. The minimum atomic E-state index is -0.533. The van der Waals surface area contributed by atoms with Gasteiger partial charge in [-0.25, -0.2) is 18.4 Å². The molecule has 2 fully saturated rings. The predicted octanol–water partition coefficient (Wildman–Crippen LogP) is 6.53. The maximum absolute atomic E-state index is 13.1. The summed E-state index contributed by atoms with van der Waals surface area (Å²) in [6, 6.07) is 21.4. The highest BCUT2D eigenvalue weighted by molar-refractivity contribution is 5.95. The van der Waals surface area contributed by atoms with Crippen LogP contribution in [0.25, 0.3) is 22.3 Å². The molecular weight excluding hydrogens is 670 g/mol. The molecule has 0 radical (unpaired) electrons. The van der Waals surface area contributed by atoms with Gasteiger partial charge in [-0.2, -0.15) is 0 Å². The van der Waals surface area contributed by atoms with E-state index in [0.29, 0.717) is 47.4 Å². The van der Waals surface area contributed by atoms with Crippen LogP contribution >= 0.6 is 0 Å². The zero-order chi connectivity index (χ0) is 37.5. The lowest BCUT2D eigenvalue weighted by atomic mass is 10.0. The summed E-state index contributed by atoms with van der Waals surface area (Å²) in [4.78, 5) is 43.2. The molecule has 2 aliphatic heterocycles. The van der Waals surface area contributed by atoms with Crippen molar-refractivity contribution in [3.63, 3.8) is 0 Å². The number of nitrogens with one attached hydrogen (secondary N) is 2. The van der Waals surface area contributed by atoms with Gasteiger partial charge < -0.3 is 36.0 Å². The molecule has 4 aromatic rings. The number of urea groups is 2. The third-order valence-corrected chi connectivity index (χ3v) is 8.82. The molecule has 6 rings (SSSR count). The predicted molar refractivity (Wildman–Crippen MR) is 200 cm³/mol. The Morgan fingerprint density at radius 2 is 1.08 bits per heavy atom. The number of rotatable bonds is 9. The standard InChI is InChI=1S/C19H21FN4O3.C19H23FN4O/c1-22(2)10-13-11-23(12-13)19(25)21-17-9-15(5-8-18(17)24(26)27)14-3-6-16(20)7-4-14;1-23(2)10-13-11-24(12-13)19(25)22-18-9-15(5-8-17(18)21)14-3-6-16(20)7-4-14/h3-9,13H,10-12H2,1-2H3,(H,21,25);3-9,13H,10-12,21H2,1-2H3,(H,22,25). The number of hydrogen-bond donors (Lipinski definition) is 3. The molecule has 0 bridgehead atoms. The zero-order valence-corrected chi connectivity index (χ0v) is 29.7. The van der Waals surface area contributed by atoms with E-state index in [0.717, 1.165) is 37.3 Å². The highest BCUT2D eigenvalue weighted by atomic mass is 19.1. The fourth-order valence-corrected chi connectivity index (χ4v) is 6.23. The fraction of sp³-hybridized carbons (Fsp3) is 0.316. The highest BCUT2D eigenvalue weighted by Gasteiger charge is 2.32. The number of nitro groups is 1. The van der Waals surface area contributed by atoms with Crippen molar-refractivity contribution in [3.05, 3.63) is 107 Å². The van der Waals surface area contributed by atoms with Gasteiger partial charge in [-0.3, -0.25) is 10.1 Å². The average Bonchev–Trinajstić information content (AvgIpc) is 3.05. The molecule has 14 heteroatoms. The molecule has 4 N–H and O–H groups in total. The number of nitrogens with zero attached hydrogens (tertiary/aromatic N) is 5. The van der Waals surface area contributed by atoms with Crippen molar-refractivity contribution < 1.29 is 23.3 Å². The number of carbonyl (C=O) groups excluding carboxylic acids is 2. The van der Waals surface area contributed by atoms with Crippen LogP contribution in [0.3, 0.4) is 0 Å². The topological polar surface area (TPSA) is 140 Å². The SMILES string of the molecule is CN(C)CC1CN(C(=O)Nc2cc(-c3ccc(F)cc3)ccc2N)C1.CN(C)CC1CN(C(=O)Nc2cc(-c3ccc(F)cc3)ccc2[N+](=O)[O-])C1. The number of nitro benzene ring substituents is 1. The van der Waals surface area contributed by atoms with Crippen LogP contribution in [0.15, 0.2) is 84.9 Å². The van der Waals surface area contributed by atoms with Gasteiger partial charge in [0.05, 0.1) is 16.3 Å². The van der Waals surface area contributed by atoms with Gasteiger partial charge in [-0.15, -0.1) is 0 Å². The average molecular weight is 715 g/mol. The van der Waals surface area contributed by atoms with Gasteiger partial charge >= 0.3 is 12.1 Å². The van der Waals surface area contributed by atoms with E-state index in [1.807, 2.05) is 40.3 Å². The van der Waals surface area contributed by atoms with Crippen molar-refractivity contribution in [1.82, 2.24) is 19.6 Å². The number of anilines is 3. The molecular formula is C38H44F2N8O4. The summed E-state index contributed by atoms with van der Waals surface area (Å²) in [5.41, 5.74) is 10.1. The molecule has 52 heavy (non-hydrogen) atoms. The largest absolute Gasteiger partial charge is 0.397 e. The molecule has 4 amide bonds.